The molecule has 3 N–H and O–H groups in total. The van der Waals surface area contributed by atoms with Gasteiger partial charge in [-0.15, -0.1) is 0 Å². The molecule has 0 aliphatic heterocycles. The standard InChI is InChI=1S/C12H22N4/c1-8(2)10(13)12-14-11(15-16-12)9-6-4-3-5-7-9/h8-10H,3-7,13H2,1-2H3,(H,14,15,16). The lowest BCUT2D eigenvalue weighted by Crippen LogP contribution is -2.18. The molecular weight excluding hydrogens is 200 g/mol. The van der Waals surface area contributed by atoms with Crippen LogP contribution in [0.5, 0.6) is 0 Å². The molecule has 0 radical (unpaired) electrons. The lowest BCUT2D eigenvalue weighted by Gasteiger charge is -2.18. The Bertz CT molecular complexity index is 326. The topological polar surface area (TPSA) is 67.6 Å². The summed E-state index contributed by atoms with van der Waals surface area (Å²) in [7, 11) is 0. The van der Waals surface area contributed by atoms with Gasteiger partial charge in [0.05, 0.1) is 6.04 Å². The molecule has 1 aliphatic carbocycles. The van der Waals surface area contributed by atoms with Crippen LogP contribution >= 0.6 is 0 Å². The highest BCUT2D eigenvalue weighted by molar-refractivity contribution is 5.02. The summed E-state index contributed by atoms with van der Waals surface area (Å²) in [5.74, 6) is 2.78. The highest BCUT2D eigenvalue weighted by Gasteiger charge is 2.21. The number of aromatic nitrogens is 3. The Morgan fingerprint density at radius 3 is 2.56 bits per heavy atom. The van der Waals surface area contributed by atoms with E-state index in [1.807, 2.05) is 0 Å². The summed E-state index contributed by atoms with van der Waals surface area (Å²) in [5, 5.41) is 7.32. The van der Waals surface area contributed by atoms with Crippen molar-refractivity contribution in [3.63, 3.8) is 0 Å². The van der Waals surface area contributed by atoms with Gasteiger partial charge in [-0.2, -0.15) is 5.10 Å². The molecule has 16 heavy (non-hydrogen) atoms. The van der Waals surface area contributed by atoms with E-state index in [9.17, 15) is 0 Å². The molecule has 1 fully saturated rings. The van der Waals surface area contributed by atoms with Crippen LogP contribution < -0.4 is 5.73 Å². The maximum Gasteiger partial charge on any atom is 0.167 e. The minimum absolute atomic E-state index is 0.0476. The van der Waals surface area contributed by atoms with E-state index >= 15 is 0 Å². The third-order valence-corrected chi connectivity index (χ3v) is 3.53. The van der Waals surface area contributed by atoms with Gasteiger partial charge in [-0.1, -0.05) is 33.1 Å². The largest absolute Gasteiger partial charge is 0.321 e. The zero-order valence-corrected chi connectivity index (χ0v) is 10.2. The minimum atomic E-state index is -0.0476. The van der Waals surface area contributed by atoms with Crippen LogP contribution in [0.3, 0.4) is 0 Å². The van der Waals surface area contributed by atoms with E-state index in [4.69, 9.17) is 5.73 Å². The summed E-state index contributed by atoms with van der Waals surface area (Å²) in [6.07, 6.45) is 6.48. The maximum atomic E-state index is 6.04. The SMILES string of the molecule is CC(C)C(N)c1n[nH]c(C2CCCCC2)n1. The highest BCUT2D eigenvalue weighted by atomic mass is 15.2. The first kappa shape index (κ1) is 11.6. The quantitative estimate of drug-likeness (QED) is 0.825. The van der Waals surface area contributed by atoms with Crippen LogP contribution in [0, 0.1) is 5.92 Å². The normalized spacial score (nSPS) is 20.2. The third-order valence-electron chi connectivity index (χ3n) is 3.53. The molecule has 0 saturated heterocycles. The van der Waals surface area contributed by atoms with E-state index in [-0.39, 0.29) is 6.04 Å². The molecule has 0 bridgehead atoms. The molecule has 0 amide bonds. The van der Waals surface area contributed by atoms with Crippen LogP contribution in [0.15, 0.2) is 0 Å². The Morgan fingerprint density at radius 1 is 1.25 bits per heavy atom. The Morgan fingerprint density at radius 2 is 1.94 bits per heavy atom. The number of aromatic amines is 1. The second-order valence-corrected chi connectivity index (χ2v) is 5.18. The van der Waals surface area contributed by atoms with Crippen molar-refractivity contribution in [2.45, 2.75) is 57.9 Å². The van der Waals surface area contributed by atoms with Gasteiger partial charge in [0.25, 0.3) is 0 Å². The van der Waals surface area contributed by atoms with Crippen molar-refractivity contribution in [2.75, 3.05) is 0 Å². The molecular formula is C12H22N4. The van der Waals surface area contributed by atoms with Gasteiger partial charge < -0.3 is 5.73 Å². The molecule has 1 heterocycles. The summed E-state index contributed by atoms with van der Waals surface area (Å²) in [6, 6.07) is -0.0476. The van der Waals surface area contributed by atoms with Crippen LogP contribution in [0.2, 0.25) is 0 Å². The third kappa shape index (κ3) is 2.43. The van der Waals surface area contributed by atoms with Gasteiger partial charge in [0.15, 0.2) is 5.82 Å². The fourth-order valence-electron chi connectivity index (χ4n) is 2.29. The fourth-order valence-corrected chi connectivity index (χ4v) is 2.29. The van der Waals surface area contributed by atoms with Crippen LogP contribution in [-0.4, -0.2) is 15.2 Å². The first-order chi connectivity index (χ1) is 7.68. The van der Waals surface area contributed by atoms with Crippen LogP contribution in [0.25, 0.3) is 0 Å². The second kappa shape index (κ2) is 4.95. The van der Waals surface area contributed by atoms with Crippen molar-refractivity contribution in [3.05, 3.63) is 11.6 Å². The van der Waals surface area contributed by atoms with Crippen LogP contribution in [0.1, 0.15) is 69.6 Å². The van der Waals surface area contributed by atoms with Crippen molar-refractivity contribution in [3.8, 4) is 0 Å². The molecule has 1 aliphatic rings. The van der Waals surface area contributed by atoms with E-state index in [0.29, 0.717) is 11.8 Å². The van der Waals surface area contributed by atoms with Gasteiger partial charge in [-0.05, 0) is 18.8 Å². The predicted octanol–water partition coefficient (Wildman–Crippen LogP) is 2.51. The number of hydrogen-bond donors (Lipinski definition) is 2. The molecule has 4 heteroatoms. The van der Waals surface area contributed by atoms with Crippen molar-refractivity contribution in [1.29, 1.82) is 0 Å². The molecule has 0 aromatic carbocycles. The number of nitrogens with zero attached hydrogens (tertiary/aromatic N) is 2. The van der Waals surface area contributed by atoms with E-state index < -0.39 is 0 Å². The number of H-pyrrole nitrogens is 1. The predicted molar refractivity (Wildman–Crippen MR) is 64.0 cm³/mol. The summed E-state index contributed by atoms with van der Waals surface area (Å²) in [6.45, 7) is 4.20. The Kier molecular flexibility index (Phi) is 3.59. The van der Waals surface area contributed by atoms with E-state index in [1.165, 1.54) is 32.1 Å². The summed E-state index contributed by atoms with van der Waals surface area (Å²) >= 11 is 0. The fraction of sp³-hybridized carbons (Fsp3) is 0.833. The molecule has 90 valence electrons. The maximum absolute atomic E-state index is 6.04. The molecule has 1 unspecified atom stereocenters. The van der Waals surface area contributed by atoms with Gasteiger partial charge in [0, 0.05) is 5.92 Å². The highest BCUT2D eigenvalue weighted by Crippen LogP contribution is 2.31. The molecule has 1 aromatic rings. The number of hydrogen-bond acceptors (Lipinski definition) is 3. The van der Waals surface area contributed by atoms with Gasteiger partial charge in [-0.3, -0.25) is 5.10 Å². The zero-order chi connectivity index (χ0) is 11.5. The summed E-state index contributed by atoms with van der Waals surface area (Å²) < 4.78 is 0. The molecule has 1 aromatic heterocycles. The van der Waals surface area contributed by atoms with Crippen molar-refractivity contribution < 1.29 is 0 Å². The summed E-state index contributed by atoms with van der Waals surface area (Å²) in [4.78, 5) is 4.56. The Balaban J connectivity index is 2.06. The minimum Gasteiger partial charge on any atom is -0.321 e. The van der Waals surface area contributed by atoms with Gasteiger partial charge >= 0.3 is 0 Å². The van der Waals surface area contributed by atoms with Gasteiger partial charge in [0.1, 0.15) is 5.82 Å². The first-order valence-corrected chi connectivity index (χ1v) is 6.36. The van der Waals surface area contributed by atoms with Gasteiger partial charge in [0.2, 0.25) is 0 Å². The molecule has 4 nitrogen and oxygen atoms in total. The average molecular weight is 222 g/mol. The average Bonchev–Trinajstić information content (AvgIpc) is 2.78. The smallest absolute Gasteiger partial charge is 0.167 e. The van der Waals surface area contributed by atoms with E-state index in [2.05, 4.69) is 29.0 Å². The Labute approximate surface area is 97.0 Å². The molecule has 2 rings (SSSR count). The monoisotopic (exact) mass is 222 g/mol. The van der Waals surface area contributed by atoms with Gasteiger partial charge in [-0.25, -0.2) is 4.98 Å². The molecule has 1 atom stereocenters. The van der Waals surface area contributed by atoms with Crippen LogP contribution in [-0.2, 0) is 0 Å². The van der Waals surface area contributed by atoms with E-state index in [1.54, 1.807) is 0 Å². The molecule has 0 spiro atoms. The lowest BCUT2D eigenvalue weighted by molar-refractivity contribution is 0.428. The van der Waals surface area contributed by atoms with E-state index in [0.717, 1.165) is 11.6 Å². The first-order valence-electron chi connectivity index (χ1n) is 6.36. The second-order valence-electron chi connectivity index (χ2n) is 5.18. The molecule has 1 saturated carbocycles. The summed E-state index contributed by atoms with van der Waals surface area (Å²) in [5.41, 5.74) is 6.04. The number of nitrogens with one attached hydrogen (secondary N) is 1. The zero-order valence-electron chi connectivity index (χ0n) is 10.2. The van der Waals surface area contributed by atoms with Crippen molar-refractivity contribution in [2.24, 2.45) is 11.7 Å². The Hall–Kier alpha value is -0.900. The van der Waals surface area contributed by atoms with Crippen LogP contribution in [0.4, 0.5) is 0 Å². The number of rotatable bonds is 3. The number of nitrogens with two attached hydrogens (primary N) is 1. The van der Waals surface area contributed by atoms with Crippen molar-refractivity contribution >= 4 is 0 Å². The van der Waals surface area contributed by atoms with Crippen molar-refractivity contribution in [1.82, 2.24) is 15.2 Å². The lowest BCUT2D eigenvalue weighted by atomic mass is 9.89.